The van der Waals surface area contributed by atoms with Gasteiger partial charge in [0.15, 0.2) is 4.67 Å². The number of aromatic nitrogens is 2. The van der Waals surface area contributed by atoms with Crippen LogP contribution >= 0.6 is 15.9 Å². The Balaban J connectivity index is 2.37. The first-order chi connectivity index (χ1) is 8.83. The molecule has 2 aromatic heterocycles. The lowest BCUT2D eigenvalue weighted by Gasteiger charge is -2.04. The quantitative estimate of drug-likeness (QED) is 0.868. The highest BCUT2D eigenvalue weighted by molar-refractivity contribution is 9.10. The summed E-state index contributed by atoms with van der Waals surface area (Å²) in [5, 5.41) is 13.0. The molecule has 19 heavy (non-hydrogen) atoms. The van der Waals surface area contributed by atoms with Gasteiger partial charge in [-0.05, 0) is 22.9 Å². The summed E-state index contributed by atoms with van der Waals surface area (Å²) in [6, 6.07) is 1.26. The van der Waals surface area contributed by atoms with Crippen LogP contribution < -0.4 is 4.72 Å². The largest absolute Gasteiger partial charge is 0.450 e. The van der Waals surface area contributed by atoms with Gasteiger partial charge < -0.3 is 9.52 Å². The molecular weight excluding hydrogens is 338 g/mol. The standard InChI is InChI=1S/C10H12BrN3O4S/c1-6-8(4-14(2)12-6)13-19(16,17)9-3-7(5-15)18-10(9)11/h3-4,13,15H,5H2,1-2H3. The van der Waals surface area contributed by atoms with E-state index in [0.29, 0.717) is 11.4 Å². The van der Waals surface area contributed by atoms with Gasteiger partial charge in [0.05, 0.1) is 11.4 Å². The first-order valence-corrected chi connectivity index (χ1v) is 7.53. The van der Waals surface area contributed by atoms with Crippen LogP contribution in [0.5, 0.6) is 0 Å². The molecule has 2 heterocycles. The lowest BCUT2D eigenvalue weighted by atomic mass is 10.4. The molecule has 0 aromatic carbocycles. The number of nitrogens with one attached hydrogen (secondary N) is 1. The number of hydrogen-bond donors (Lipinski definition) is 2. The molecule has 2 N–H and O–H groups in total. The summed E-state index contributed by atoms with van der Waals surface area (Å²) in [5.74, 6) is 0.162. The van der Waals surface area contributed by atoms with E-state index < -0.39 is 10.0 Å². The summed E-state index contributed by atoms with van der Waals surface area (Å²) in [6.45, 7) is 1.32. The fourth-order valence-electron chi connectivity index (χ4n) is 1.56. The second-order valence-electron chi connectivity index (χ2n) is 3.92. The van der Waals surface area contributed by atoms with Gasteiger partial charge in [-0.1, -0.05) is 0 Å². The third-order valence-corrected chi connectivity index (χ3v) is 4.63. The number of aliphatic hydroxyl groups excluding tert-OH is 1. The van der Waals surface area contributed by atoms with Crippen LogP contribution in [-0.2, 0) is 23.7 Å². The van der Waals surface area contributed by atoms with Crippen LogP contribution in [0.3, 0.4) is 0 Å². The molecule has 0 saturated heterocycles. The predicted molar refractivity (Wildman–Crippen MR) is 71.1 cm³/mol. The van der Waals surface area contributed by atoms with Crippen molar-refractivity contribution < 1.29 is 17.9 Å². The maximum Gasteiger partial charge on any atom is 0.266 e. The Morgan fingerprint density at radius 3 is 2.74 bits per heavy atom. The molecule has 2 aromatic rings. The van der Waals surface area contributed by atoms with Crippen LogP contribution in [0.25, 0.3) is 0 Å². The summed E-state index contributed by atoms with van der Waals surface area (Å²) in [7, 11) is -2.10. The van der Waals surface area contributed by atoms with Gasteiger partial charge in [-0.15, -0.1) is 0 Å². The Bertz CT molecular complexity index is 704. The second-order valence-corrected chi connectivity index (χ2v) is 6.29. The summed E-state index contributed by atoms with van der Waals surface area (Å²) in [4.78, 5) is -0.0696. The molecule has 9 heteroatoms. The Morgan fingerprint density at radius 1 is 1.58 bits per heavy atom. The van der Waals surface area contributed by atoms with E-state index in [2.05, 4.69) is 25.8 Å². The molecule has 7 nitrogen and oxygen atoms in total. The number of halogens is 1. The predicted octanol–water partition coefficient (Wildman–Crippen LogP) is 1.38. The van der Waals surface area contributed by atoms with Crippen LogP contribution in [0.4, 0.5) is 5.69 Å². The molecule has 0 unspecified atom stereocenters. The van der Waals surface area contributed by atoms with Gasteiger partial charge in [0.1, 0.15) is 17.3 Å². The number of aryl methyl sites for hydroxylation is 2. The SMILES string of the molecule is Cc1nn(C)cc1NS(=O)(=O)c1cc(CO)oc1Br. The van der Waals surface area contributed by atoms with Crippen molar-refractivity contribution in [1.82, 2.24) is 9.78 Å². The van der Waals surface area contributed by atoms with E-state index in [1.54, 1.807) is 20.2 Å². The summed E-state index contributed by atoms with van der Waals surface area (Å²) in [6.07, 6.45) is 1.56. The molecule has 0 spiro atoms. The number of sulfonamides is 1. The molecular formula is C10H12BrN3O4S. The van der Waals surface area contributed by atoms with E-state index in [0.717, 1.165) is 0 Å². The van der Waals surface area contributed by atoms with Crippen LogP contribution in [-0.4, -0.2) is 23.3 Å². The van der Waals surface area contributed by atoms with Crippen molar-refractivity contribution in [3.8, 4) is 0 Å². The number of aliphatic hydroxyl groups is 1. The molecule has 0 aliphatic heterocycles. The van der Waals surface area contributed by atoms with Crippen molar-refractivity contribution in [2.45, 2.75) is 18.4 Å². The smallest absolute Gasteiger partial charge is 0.266 e. The molecule has 0 bridgehead atoms. The molecule has 0 fully saturated rings. The van der Waals surface area contributed by atoms with Crippen LogP contribution in [0.2, 0.25) is 0 Å². The number of nitrogens with zero attached hydrogens (tertiary/aromatic N) is 2. The lowest BCUT2D eigenvalue weighted by molar-refractivity contribution is 0.245. The minimum absolute atomic E-state index is 0.0468. The first-order valence-electron chi connectivity index (χ1n) is 5.25. The first kappa shape index (κ1) is 14.1. The number of rotatable bonds is 4. The van der Waals surface area contributed by atoms with E-state index in [9.17, 15) is 8.42 Å². The van der Waals surface area contributed by atoms with Crippen molar-refractivity contribution >= 4 is 31.6 Å². The van der Waals surface area contributed by atoms with Crippen molar-refractivity contribution in [3.63, 3.8) is 0 Å². The van der Waals surface area contributed by atoms with E-state index >= 15 is 0 Å². The van der Waals surface area contributed by atoms with Gasteiger partial charge in [0.25, 0.3) is 10.0 Å². The molecule has 0 aliphatic rings. The van der Waals surface area contributed by atoms with Crippen molar-refractivity contribution in [2.75, 3.05) is 4.72 Å². The Labute approximate surface area is 118 Å². The highest BCUT2D eigenvalue weighted by atomic mass is 79.9. The maximum atomic E-state index is 12.2. The highest BCUT2D eigenvalue weighted by Crippen LogP contribution is 2.28. The second kappa shape index (κ2) is 4.99. The monoisotopic (exact) mass is 349 g/mol. The van der Waals surface area contributed by atoms with E-state index in [-0.39, 0.29) is 21.9 Å². The van der Waals surface area contributed by atoms with Crippen molar-refractivity contribution in [1.29, 1.82) is 0 Å². The average Bonchev–Trinajstić information content (AvgIpc) is 2.82. The summed E-state index contributed by atoms with van der Waals surface area (Å²) in [5.41, 5.74) is 0.953. The fourth-order valence-corrected chi connectivity index (χ4v) is 3.66. The average molecular weight is 350 g/mol. The minimum Gasteiger partial charge on any atom is -0.450 e. The fraction of sp³-hybridized carbons (Fsp3) is 0.300. The van der Waals surface area contributed by atoms with E-state index in [1.165, 1.54) is 10.7 Å². The van der Waals surface area contributed by atoms with Gasteiger partial charge in [0, 0.05) is 19.3 Å². The zero-order chi connectivity index (χ0) is 14.2. The molecule has 2 rings (SSSR count). The van der Waals surface area contributed by atoms with Gasteiger partial charge >= 0.3 is 0 Å². The molecule has 0 aliphatic carbocycles. The van der Waals surface area contributed by atoms with Crippen LogP contribution in [0.15, 0.2) is 26.2 Å². The number of furan rings is 1. The number of hydrogen-bond acceptors (Lipinski definition) is 5. The van der Waals surface area contributed by atoms with Gasteiger partial charge in [-0.25, -0.2) is 8.42 Å². The maximum absolute atomic E-state index is 12.2. The lowest BCUT2D eigenvalue weighted by Crippen LogP contribution is -2.13. The van der Waals surface area contributed by atoms with E-state index in [4.69, 9.17) is 9.52 Å². The van der Waals surface area contributed by atoms with Crippen LogP contribution in [0, 0.1) is 6.92 Å². The zero-order valence-electron chi connectivity index (χ0n) is 10.2. The Hall–Kier alpha value is -1.32. The van der Waals surface area contributed by atoms with E-state index in [1.807, 2.05) is 0 Å². The van der Waals surface area contributed by atoms with Gasteiger partial charge in [0.2, 0.25) is 0 Å². The Morgan fingerprint density at radius 2 is 2.26 bits per heavy atom. The van der Waals surface area contributed by atoms with Crippen molar-refractivity contribution in [3.05, 3.63) is 28.4 Å². The molecule has 0 amide bonds. The third-order valence-electron chi connectivity index (χ3n) is 2.41. The van der Waals surface area contributed by atoms with Crippen molar-refractivity contribution in [2.24, 2.45) is 7.05 Å². The minimum atomic E-state index is -3.80. The zero-order valence-corrected chi connectivity index (χ0v) is 12.6. The molecule has 0 radical (unpaired) electrons. The number of anilines is 1. The van der Waals surface area contributed by atoms with Gasteiger partial charge in [-0.2, -0.15) is 5.10 Å². The molecule has 0 saturated carbocycles. The van der Waals surface area contributed by atoms with Gasteiger partial charge in [-0.3, -0.25) is 9.40 Å². The summed E-state index contributed by atoms with van der Waals surface area (Å²) >= 11 is 3.01. The normalized spacial score (nSPS) is 11.8. The molecule has 0 atom stereocenters. The third kappa shape index (κ3) is 2.82. The molecule has 104 valence electrons. The van der Waals surface area contributed by atoms with Crippen LogP contribution in [0.1, 0.15) is 11.5 Å². The topological polar surface area (TPSA) is 97.4 Å². The summed E-state index contributed by atoms with van der Waals surface area (Å²) < 4.78 is 33.4. The highest BCUT2D eigenvalue weighted by Gasteiger charge is 2.23. The Kier molecular flexibility index (Phi) is 3.70.